The average Bonchev–Trinajstić information content (AvgIpc) is 3.66. The van der Waals surface area contributed by atoms with Gasteiger partial charge in [-0.05, 0) is 67.9 Å². The van der Waals surface area contributed by atoms with Crippen molar-refractivity contribution in [1.29, 1.82) is 0 Å². The van der Waals surface area contributed by atoms with Gasteiger partial charge in [0.25, 0.3) is 0 Å². The molecule has 14 heteroatoms. The number of ether oxygens (including phenoxy) is 3. The molecule has 5 atom stereocenters. The Labute approximate surface area is 283 Å². The Morgan fingerprint density at radius 2 is 1.83 bits per heavy atom. The normalized spacial score (nSPS) is 20.6. The number of amides is 2. The second kappa shape index (κ2) is 16.8. The van der Waals surface area contributed by atoms with E-state index >= 15 is 0 Å². The van der Waals surface area contributed by atoms with E-state index in [0.717, 1.165) is 10.5 Å². The maximum atomic E-state index is 14.2. The SMILES string of the molecule is CCOC(=O)NCCCCC(C)(C)CN(C[C@@H](O)[C@H](Cc1ccccc1)N(C(=O)[O-])[C@H]1CO[C@H]2OCC[C@H]21)S(=O)(=O)c1ccc(N)cc1. The van der Waals surface area contributed by atoms with Gasteiger partial charge in [0.2, 0.25) is 10.0 Å². The standard InChI is InChI=1S/C34H50N4O9S/c1-4-45-32(40)36-18-9-8-17-34(2,3)23-37(48(43,44)26-14-12-25(35)13-15-26)21-30(39)28(20-24-10-6-5-7-11-24)38(33(41)42)29-22-47-31-27(29)16-19-46-31/h5-7,10-15,27-31,39H,4,8-9,16-23,35H2,1-3H3,(H,36,40)(H,41,42)/p-1/t27-,28-,29-,30+,31+/m0/s1. The number of anilines is 1. The number of benzene rings is 2. The summed E-state index contributed by atoms with van der Waals surface area (Å²) in [5.41, 5.74) is 6.47. The van der Waals surface area contributed by atoms with Gasteiger partial charge < -0.3 is 45.2 Å². The summed E-state index contributed by atoms with van der Waals surface area (Å²) in [5, 5.41) is 27.5. The third-order valence-corrected chi connectivity index (χ3v) is 10.8. The molecule has 0 radical (unpaired) electrons. The van der Waals surface area contributed by atoms with Crippen molar-refractivity contribution in [3.8, 4) is 0 Å². The van der Waals surface area contributed by atoms with Crippen LogP contribution in [0.3, 0.4) is 0 Å². The minimum atomic E-state index is -4.17. The van der Waals surface area contributed by atoms with Crippen LogP contribution in [0.2, 0.25) is 0 Å². The van der Waals surface area contributed by atoms with Crippen LogP contribution in [-0.2, 0) is 30.7 Å². The molecule has 4 N–H and O–H groups in total. The smallest absolute Gasteiger partial charge is 0.407 e. The molecule has 0 bridgehead atoms. The van der Waals surface area contributed by atoms with Crippen LogP contribution in [0.15, 0.2) is 59.5 Å². The molecule has 0 saturated carbocycles. The predicted octanol–water partition coefficient (Wildman–Crippen LogP) is 2.58. The summed E-state index contributed by atoms with van der Waals surface area (Å²) in [5.74, 6) is -0.236. The predicted molar refractivity (Wildman–Crippen MR) is 177 cm³/mol. The van der Waals surface area contributed by atoms with Gasteiger partial charge >= 0.3 is 6.09 Å². The van der Waals surface area contributed by atoms with Crippen molar-refractivity contribution in [3.05, 3.63) is 60.2 Å². The molecule has 2 aliphatic heterocycles. The zero-order chi connectivity index (χ0) is 34.9. The lowest BCUT2D eigenvalue weighted by molar-refractivity contribution is -0.273. The van der Waals surface area contributed by atoms with Crippen LogP contribution in [-0.4, -0.2) is 98.8 Å². The number of rotatable bonds is 17. The van der Waals surface area contributed by atoms with E-state index in [9.17, 15) is 28.2 Å². The van der Waals surface area contributed by atoms with Gasteiger partial charge in [-0.1, -0.05) is 50.6 Å². The summed E-state index contributed by atoms with van der Waals surface area (Å²) in [6.07, 6.45) is -1.25. The largest absolute Gasteiger partial charge is 0.530 e. The highest BCUT2D eigenvalue weighted by Crippen LogP contribution is 2.36. The van der Waals surface area contributed by atoms with Crippen molar-refractivity contribution in [2.24, 2.45) is 11.3 Å². The van der Waals surface area contributed by atoms with Crippen LogP contribution in [0.4, 0.5) is 15.3 Å². The average molecular weight is 690 g/mol. The van der Waals surface area contributed by atoms with Crippen LogP contribution in [0.1, 0.15) is 52.0 Å². The molecule has 0 aromatic heterocycles. The Morgan fingerprint density at radius 1 is 1.12 bits per heavy atom. The number of carbonyl (C=O) groups is 2. The molecule has 0 unspecified atom stereocenters. The minimum absolute atomic E-state index is 0.00448. The van der Waals surface area contributed by atoms with Crippen molar-refractivity contribution < 1.29 is 42.4 Å². The van der Waals surface area contributed by atoms with Gasteiger partial charge in [-0.3, -0.25) is 0 Å². The highest BCUT2D eigenvalue weighted by molar-refractivity contribution is 7.89. The number of alkyl carbamates (subject to hydrolysis) is 1. The summed E-state index contributed by atoms with van der Waals surface area (Å²) >= 11 is 0. The van der Waals surface area contributed by atoms with Crippen molar-refractivity contribution in [2.75, 3.05) is 45.2 Å². The molecule has 13 nitrogen and oxygen atoms in total. The fourth-order valence-electron chi connectivity index (χ4n) is 6.55. The topological polar surface area (TPSA) is 184 Å². The van der Waals surface area contributed by atoms with Crippen LogP contribution in [0, 0.1) is 11.3 Å². The number of hydrogen-bond acceptors (Lipinski definition) is 10. The summed E-state index contributed by atoms with van der Waals surface area (Å²) in [6.45, 7) is 6.47. The molecule has 2 saturated heterocycles. The quantitative estimate of drug-likeness (QED) is 0.165. The molecule has 0 spiro atoms. The lowest BCUT2D eigenvalue weighted by atomic mass is 9.87. The Kier molecular flexibility index (Phi) is 13.1. The maximum Gasteiger partial charge on any atom is 0.407 e. The number of fused-ring (bicyclic) bond motifs is 1. The highest BCUT2D eigenvalue weighted by Gasteiger charge is 2.47. The Bertz CT molecular complexity index is 1440. The number of nitrogens with zero attached hydrogens (tertiary/aromatic N) is 2. The first-order valence-corrected chi connectivity index (χ1v) is 18.0. The summed E-state index contributed by atoms with van der Waals surface area (Å²) in [4.78, 5) is 25.6. The monoisotopic (exact) mass is 689 g/mol. The van der Waals surface area contributed by atoms with E-state index < -0.39 is 52.1 Å². The van der Waals surface area contributed by atoms with Gasteiger partial charge in [-0.2, -0.15) is 4.31 Å². The Balaban J connectivity index is 1.60. The van der Waals surface area contributed by atoms with E-state index in [-0.39, 0.29) is 43.5 Å². The maximum absolute atomic E-state index is 14.2. The van der Waals surface area contributed by atoms with Crippen LogP contribution in [0.25, 0.3) is 0 Å². The molecule has 4 rings (SSSR count). The number of nitrogen functional groups attached to an aromatic ring is 1. The molecule has 2 aromatic rings. The molecule has 2 fully saturated rings. The number of aliphatic hydroxyl groups excluding tert-OH is 1. The summed E-state index contributed by atoms with van der Waals surface area (Å²) in [7, 11) is -4.17. The highest BCUT2D eigenvalue weighted by atomic mass is 32.2. The molecule has 2 aromatic carbocycles. The first kappa shape index (κ1) is 37.4. The Hall–Kier alpha value is -3.43. The van der Waals surface area contributed by atoms with E-state index in [2.05, 4.69) is 5.32 Å². The number of carboxylic acid groups (broad SMARTS) is 1. The third-order valence-electron chi connectivity index (χ3n) is 9.00. The number of aliphatic hydroxyl groups is 1. The first-order chi connectivity index (χ1) is 22.8. The summed E-state index contributed by atoms with van der Waals surface area (Å²) in [6, 6.07) is 13.3. The van der Waals surface area contributed by atoms with E-state index in [4.69, 9.17) is 19.9 Å². The van der Waals surface area contributed by atoms with Crippen molar-refractivity contribution >= 4 is 27.9 Å². The number of unbranched alkanes of at least 4 members (excludes halogenated alkanes) is 1. The number of nitrogens with one attached hydrogen (secondary N) is 1. The van der Waals surface area contributed by atoms with Crippen LogP contribution >= 0.6 is 0 Å². The van der Waals surface area contributed by atoms with Gasteiger partial charge in [-0.15, -0.1) is 0 Å². The van der Waals surface area contributed by atoms with Gasteiger partial charge in [0.1, 0.15) is 6.09 Å². The van der Waals surface area contributed by atoms with E-state index in [1.54, 1.807) is 6.92 Å². The van der Waals surface area contributed by atoms with E-state index in [1.807, 2.05) is 44.2 Å². The molecule has 2 aliphatic rings. The van der Waals surface area contributed by atoms with Crippen molar-refractivity contribution in [2.45, 2.75) is 82.2 Å². The van der Waals surface area contributed by atoms with Crippen molar-refractivity contribution in [3.63, 3.8) is 0 Å². The zero-order valence-electron chi connectivity index (χ0n) is 28.0. The second-order valence-electron chi connectivity index (χ2n) is 13.2. The summed E-state index contributed by atoms with van der Waals surface area (Å²) < 4.78 is 45.9. The van der Waals surface area contributed by atoms with Gasteiger partial charge in [0.15, 0.2) is 6.29 Å². The number of hydrogen-bond donors (Lipinski definition) is 3. The molecular weight excluding hydrogens is 640 g/mol. The van der Waals surface area contributed by atoms with Gasteiger partial charge in [0.05, 0.1) is 42.9 Å². The lowest BCUT2D eigenvalue weighted by Gasteiger charge is -2.43. The molecule has 2 amide bonds. The van der Waals surface area contributed by atoms with Crippen LogP contribution in [0.5, 0.6) is 0 Å². The lowest BCUT2D eigenvalue weighted by Crippen LogP contribution is -2.61. The molecular formula is C34H49N4O9S-. The van der Waals surface area contributed by atoms with Crippen LogP contribution < -0.4 is 16.2 Å². The molecule has 266 valence electrons. The molecule has 48 heavy (non-hydrogen) atoms. The second-order valence-corrected chi connectivity index (χ2v) is 15.2. The van der Waals surface area contributed by atoms with E-state index in [1.165, 1.54) is 28.6 Å². The van der Waals surface area contributed by atoms with Gasteiger partial charge in [-0.25, -0.2) is 13.2 Å². The molecule has 0 aliphatic carbocycles. The number of carbonyl (C=O) groups excluding carboxylic acids is 2. The molecule has 2 heterocycles. The first-order valence-electron chi connectivity index (χ1n) is 16.5. The fraction of sp³-hybridized carbons (Fsp3) is 0.588. The van der Waals surface area contributed by atoms with Gasteiger partial charge in [0, 0.05) is 31.2 Å². The van der Waals surface area contributed by atoms with E-state index in [0.29, 0.717) is 44.5 Å². The minimum Gasteiger partial charge on any atom is -0.530 e. The Morgan fingerprint density at radius 3 is 2.50 bits per heavy atom. The zero-order valence-corrected chi connectivity index (χ0v) is 28.8. The number of nitrogens with two attached hydrogens (primary N) is 1. The number of sulfonamides is 1. The van der Waals surface area contributed by atoms with Crippen molar-refractivity contribution in [1.82, 2.24) is 14.5 Å². The fourth-order valence-corrected chi connectivity index (χ4v) is 8.19. The third kappa shape index (κ3) is 9.82.